The second-order valence-corrected chi connectivity index (χ2v) is 7.06. The monoisotopic (exact) mass is 411 g/mol. The first-order valence-electron chi connectivity index (χ1n) is 9.75. The van der Waals surface area contributed by atoms with E-state index in [2.05, 4.69) is 4.98 Å². The van der Waals surface area contributed by atoms with Gasteiger partial charge in [0.1, 0.15) is 5.75 Å². The van der Waals surface area contributed by atoms with Crippen molar-refractivity contribution in [1.29, 1.82) is 0 Å². The Balaban J connectivity index is 0.000000806. The number of fused-ring (bicyclic) bond motifs is 1. The average Bonchev–Trinajstić information content (AvgIpc) is 3.10. The van der Waals surface area contributed by atoms with Crippen LogP contribution in [-0.2, 0) is 16.0 Å². The normalized spacial score (nSPS) is 14.1. The molecule has 0 saturated carbocycles. The molecule has 0 radical (unpaired) electrons. The van der Waals surface area contributed by atoms with Crippen molar-refractivity contribution in [2.45, 2.75) is 25.3 Å². The number of para-hydroxylation sites is 2. The number of piperidine rings is 1. The fraction of sp³-hybridized carbons (Fsp3) is 0.318. The van der Waals surface area contributed by atoms with Crippen molar-refractivity contribution in [2.24, 2.45) is 0 Å². The SMILES string of the molecule is COc1cccc(CC(=O)N2CCC(n3c(=O)[nH]c4ccccc43)CC2)c1.O=CO. The van der Waals surface area contributed by atoms with E-state index in [0.717, 1.165) is 35.2 Å². The molecule has 8 nitrogen and oxygen atoms in total. The van der Waals surface area contributed by atoms with Gasteiger partial charge in [-0.15, -0.1) is 0 Å². The number of carboxylic acid groups (broad SMARTS) is 1. The molecule has 0 unspecified atom stereocenters. The first-order chi connectivity index (χ1) is 14.6. The molecule has 0 bridgehead atoms. The highest BCUT2D eigenvalue weighted by Crippen LogP contribution is 2.25. The lowest BCUT2D eigenvalue weighted by molar-refractivity contribution is -0.131. The van der Waals surface area contributed by atoms with E-state index in [1.807, 2.05) is 58.0 Å². The number of aromatic nitrogens is 2. The molecule has 0 atom stereocenters. The summed E-state index contributed by atoms with van der Waals surface area (Å²) >= 11 is 0. The van der Waals surface area contributed by atoms with Crippen molar-refractivity contribution in [1.82, 2.24) is 14.5 Å². The molecule has 2 aromatic carbocycles. The van der Waals surface area contributed by atoms with Crippen LogP contribution in [0.25, 0.3) is 11.0 Å². The van der Waals surface area contributed by atoms with Crippen LogP contribution in [0.4, 0.5) is 0 Å². The number of ether oxygens (including phenoxy) is 1. The molecule has 1 amide bonds. The van der Waals surface area contributed by atoms with Gasteiger partial charge in [-0.3, -0.25) is 14.2 Å². The molecule has 30 heavy (non-hydrogen) atoms. The molecular weight excluding hydrogens is 386 g/mol. The summed E-state index contributed by atoms with van der Waals surface area (Å²) in [7, 11) is 1.62. The van der Waals surface area contributed by atoms with Crippen molar-refractivity contribution in [3.63, 3.8) is 0 Å². The van der Waals surface area contributed by atoms with Crippen molar-refractivity contribution in [3.8, 4) is 5.75 Å². The molecule has 158 valence electrons. The van der Waals surface area contributed by atoms with E-state index in [1.54, 1.807) is 7.11 Å². The molecule has 0 spiro atoms. The number of rotatable bonds is 4. The van der Waals surface area contributed by atoms with E-state index in [-0.39, 0.29) is 24.1 Å². The smallest absolute Gasteiger partial charge is 0.326 e. The molecule has 8 heteroatoms. The zero-order chi connectivity index (χ0) is 21.5. The third-order valence-electron chi connectivity index (χ3n) is 5.30. The minimum atomic E-state index is -0.250. The van der Waals surface area contributed by atoms with E-state index in [4.69, 9.17) is 14.6 Å². The van der Waals surface area contributed by atoms with E-state index >= 15 is 0 Å². The van der Waals surface area contributed by atoms with Crippen LogP contribution in [0.3, 0.4) is 0 Å². The number of amides is 1. The lowest BCUT2D eigenvalue weighted by atomic mass is 10.0. The molecule has 1 aliphatic heterocycles. The number of carbonyl (C=O) groups excluding carboxylic acids is 1. The molecule has 1 saturated heterocycles. The zero-order valence-electron chi connectivity index (χ0n) is 16.8. The number of methoxy groups -OCH3 is 1. The number of carbonyl (C=O) groups is 2. The summed E-state index contributed by atoms with van der Waals surface area (Å²) < 4.78 is 7.07. The Bertz CT molecular complexity index is 1060. The Morgan fingerprint density at radius 2 is 1.90 bits per heavy atom. The summed E-state index contributed by atoms with van der Waals surface area (Å²) in [5, 5.41) is 6.89. The van der Waals surface area contributed by atoms with E-state index < -0.39 is 0 Å². The minimum absolute atomic E-state index is 0.0719. The fourth-order valence-corrected chi connectivity index (χ4v) is 3.88. The number of aromatic amines is 1. The van der Waals surface area contributed by atoms with Crippen LogP contribution in [0.1, 0.15) is 24.4 Å². The Kier molecular flexibility index (Phi) is 6.90. The van der Waals surface area contributed by atoms with Crippen LogP contribution >= 0.6 is 0 Å². The Hall–Kier alpha value is -3.55. The highest BCUT2D eigenvalue weighted by Gasteiger charge is 2.26. The van der Waals surface area contributed by atoms with Crippen LogP contribution in [0, 0.1) is 0 Å². The van der Waals surface area contributed by atoms with Crippen LogP contribution in [0.2, 0.25) is 0 Å². The van der Waals surface area contributed by atoms with Crippen LogP contribution in [0.5, 0.6) is 5.75 Å². The number of imidazole rings is 1. The lowest BCUT2D eigenvalue weighted by Gasteiger charge is -2.32. The summed E-state index contributed by atoms with van der Waals surface area (Å²) in [6.07, 6.45) is 1.94. The Morgan fingerprint density at radius 3 is 2.60 bits per heavy atom. The second kappa shape index (κ2) is 9.78. The highest BCUT2D eigenvalue weighted by atomic mass is 16.5. The maximum atomic E-state index is 12.7. The molecule has 2 N–H and O–H groups in total. The van der Waals surface area contributed by atoms with Crippen LogP contribution in [-0.4, -0.2) is 52.1 Å². The zero-order valence-corrected chi connectivity index (χ0v) is 16.8. The van der Waals surface area contributed by atoms with Gasteiger partial charge in [0.15, 0.2) is 0 Å². The maximum Gasteiger partial charge on any atom is 0.326 e. The van der Waals surface area contributed by atoms with Gasteiger partial charge in [-0.25, -0.2) is 4.79 Å². The van der Waals surface area contributed by atoms with Gasteiger partial charge in [-0.2, -0.15) is 0 Å². The molecule has 2 heterocycles. The second-order valence-electron chi connectivity index (χ2n) is 7.06. The fourth-order valence-electron chi connectivity index (χ4n) is 3.88. The Labute approximate surface area is 173 Å². The first kappa shape index (κ1) is 21.2. The third-order valence-corrected chi connectivity index (χ3v) is 5.30. The van der Waals surface area contributed by atoms with Gasteiger partial charge in [0.25, 0.3) is 6.47 Å². The van der Waals surface area contributed by atoms with E-state index in [0.29, 0.717) is 19.5 Å². The van der Waals surface area contributed by atoms with Crippen LogP contribution in [0.15, 0.2) is 53.3 Å². The number of H-pyrrole nitrogens is 1. The molecular formula is C22H25N3O5. The summed E-state index contributed by atoms with van der Waals surface area (Å²) in [5.74, 6) is 0.880. The molecule has 3 aromatic rings. The molecule has 1 aliphatic rings. The van der Waals surface area contributed by atoms with Gasteiger partial charge in [0, 0.05) is 19.1 Å². The predicted octanol–water partition coefficient (Wildman–Crippen LogP) is 2.45. The van der Waals surface area contributed by atoms with Crippen molar-refractivity contribution in [2.75, 3.05) is 20.2 Å². The number of hydrogen-bond donors (Lipinski definition) is 2. The largest absolute Gasteiger partial charge is 0.497 e. The third kappa shape index (κ3) is 4.71. The maximum absolute atomic E-state index is 12.7. The van der Waals surface area contributed by atoms with Crippen LogP contribution < -0.4 is 10.4 Å². The average molecular weight is 411 g/mol. The number of nitrogens with zero attached hydrogens (tertiary/aromatic N) is 2. The van der Waals surface area contributed by atoms with Crippen molar-refractivity contribution in [3.05, 3.63) is 64.6 Å². The lowest BCUT2D eigenvalue weighted by Crippen LogP contribution is -2.41. The van der Waals surface area contributed by atoms with Gasteiger partial charge in [-0.05, 0) is 42.7 Å². The quantitative estimate of drug-likeness (QED) is 0.642. The Morgan fingerprint density at radius 1 is 1.20 bits per heavy atom. The predicted molar refractivity (Wildman–Crippen MR) is 113 cm³/mol. The topological polar surface area (TPSA) is 105 Å². The standard InChI is InChI=1S/C21H23N3O3.CH2O2/c1-27-17-6-4-5-15(13-17)14-20(25)23-11-9-16(10-12-23)24-19-8-3-2-7-18(19)22-21(24)26;2-1-3/h2-8,13,16H,9-12,14H2,1H3,(H,22,26);1H,(H,2,3). The number of benzene rings is 2. The molecule has 1 fully saturated rings. The number of hydrogen-bond acceptors (Lipinski definition) is 4. The summed E-state index contributed by atoms with van der Waals surface area (Å²) in [4.78, 5) is 38.2. The molecule has 4 rings (SSSR count). The number of nitrogens with one attached hydrogen (secondary N) is 1. The van der Waals surface area contributed by atoms with Gasteiger partial charge < -0.3 is 19.7 Å². The van der Waals surface area contributed by atoms with Crippen molar-refractivity contribution >= 4 is 23.4 Å². The summed E-state index contributed by atoms with van der Waals surface area (Å²) in [6.45, 7) is 1.08. The molecule has 0 aliphatic carbocycles. The first-order valence-corrected chi connectivity index (χ1v) is 9.75. The minimum Gasteiger partial charge on any atom is -0.497 e. The van der Waals surface area contributed by atoms with Gasteiger partial charge >= 0.3 is 5.69 Å². The van der Waals surface area contributed by atoms with E-state index in [9.17, 15) is 9.59 Å². The summed E-state index contributed by atoms with van der Waals surface area (Å²) in [5.41, 5.74) is 2.68. The van der Waals surface area contributed by atoms with Gasteiger partial charge in [0.2, 0.25) is 5.91 Å². The molecule has 1 aromatic heterocycles. The van der Waals surface area contributed by atoms with Gasteiger partial charge in [-0.1, -0.05) is 24.3 Å². The van der Waals surface area contributed by atoms with E-state index in [1.165, 1.54) is 0 Å². The van der Waals surface area contributed by atoms with Crippen molar-refractivity contribution < 1.29 is 19.4 Å². The number of likely N-dealkylation sites (tertiary alicyclic amines) is 1. The summed E-state index contributed by atoms with van der Waals surface area (Å²) in [6, 6.07) is 15.5. The van der Waals surface area contributed by atoms with Gasteiger partial charge in [0.05, 0.1) is 24.6 Å². The highest BCUT2D eigenvalue weighted by molar-refractivity contribution is 5.79.